The summed E-state index contributed by atoms with van der Waals surface area (Å²) in [6.07, 6.45) is 0. The van der Waals surface area contributed by atoms with Crippen molar-refractivity contribution in [2.75, 3.05) is 20.8 Å². The summed E-state index contributed by atoms with van der Waals surface area (Å²) >= 11 is 0. The van der Waals surface area contributed by atoms with Crippen molar-refractivity contribution in [2.45, 2.75) is 18.4 Å². The number of amides is 1. The number of carbonyl (C=O) groups excluding carboxylic acids is 1. The average Bonchev–Trinajstić information content (AvgIpc) is 2.65. The van der Waals surface area contributed by atoms with Gasteiger partial charge in [-0.25, -0.2) is 13.1 Å². The zero-order valence-electron chi connectivity index (χ0n) is 14.9. The van der Waals surface area contributed by atoms with E-state index in [0.717, 1.165) is 11.1 Å². The van der Waals surface area contributed by atoms with Crippen molar-refractivity contribution in [2.24, 2.45) is 0 Å². The van der Waals surface area contributed by atoms with Crippen LogP contribution in [0.15, 0.2) is 47.4 Å². The first kappa shape index (κ1) is 19.7. The fourth-order valence-corrected chi connectivity index (χ4v) is 3.19. The fraction of sp³-hybridized carbons (Fsp3) is 0.278. The number of aryl methyl sites for hydroxylation is 1. The first-order chi connectivity index (χ1) is 12.4. The van der Waals surface area contributed by atoms with Gasteiger partial charge in [0.1, 0.15) is 0 Å². The molecular formula is C18H22N2O5S. The van der Waals surface area contributed by atoms with Gasteiger partial charge in [0.05, 0.1) is 25.7 Å². The molecule has 0 saturated heterocycles. The van der Waals surface area contributed by atoms with E-state index in [1.807, 2.05) is 31.2 Å². The molecule has 0 fully saturated rings. The molecule has 0 atom stereocenters. The Kier molecular flexibility index (Phi) is 6.59. The van der Waals surface area contributed by atoms with Crippen LogP contribution in [0.3, 0.4) is 0 Å². The van der Waals surface area contributed by atoms with Crippen LogP contribution in [0.5, 0.6) is 11.5 Å². The summed E-state index contributed by atoms with van der Waals surface area (Å²) in [5, 5.41) is 2.67. The summed E-state index contributed by atoms with van der Waals surface area (Å²) in [4.78, 5) is 11.9. The van der Waals surface area contributed by atoms with Crippen molar-refractivity contribution in [3.8, 4) is 11.5 Å². The molecule has 8 heteroatoms. The minimum Gasteiger partial charge on any atom is -0.493 e. The molecule has 0 heterocycles. The second kappa shape index (κ2) is 8.68. The van der Waals surface area contributed by atoms with Crippen LogP contribution in [-0.4, -0.2) is 35.1 Å². The van der Waals surface area contributed by atoms with Gasteiger partial charge in [0.25, 0.3) is 0 Å². The van der Waals surface area contributed by atoms with E-state index in [1.54, 1.807) is 0 Å². The van der Waals surface area contributed by atoms with Crippen molar-refractivity contribution in [1.29, 1.82) is 0 Å². The summed E-state index contributed by atoms with van der Waals surface area (Å²) < 4.78 is 37.1. The lowest BCUT2D eigenvalue weighted by molar-refractivity contribution is -0.120. The number of benzene rings is 2. The van der Waals surface area contributed by atoms with Crippen LogP contribution in [0, 0.1) is 6.92 Å². The zero-order valence-corrected chi connectivity index (χ0v) is 15.7. The van der Waals surface area contributed by atoms with E-state index in [1.165, 1.54) is 32.4 Å². The molecule has 0 aliphatic heterocycles. The van der Waals surface area contributed by atoms with Crippen LogP contribution in [0.1, 0.15) is 11.1 Å². The van der Waals surface area contributed by atoms with E-state index in [4.69, 9.17) is 9.47 Å². The smallest absolute Gasteiger partial charge is 0.241 e. The number of rotatable bonds is 8. The maximum Gasteiger partial charge on any atom is 0.241 e. The molecule has 2 N–H and O–H groups in total. The third-order valence-corrected chi connectivity index (χ3v) is 5.10. The highest BCUT2D eigenvalue weighted by atomic mass is 32.2. The van der Waals surface area contributed by atoms with Gasteiger partial charge in [-0.3, -0.25) is 4.79 Å². The van der Waals surface area contributed by atoms with E-state index in [0.29, 0.717) is 18.0 Å². The van der Waals surface area contributed by atoms with E-state index < -0.39 is 15.9 Å². The third-order valence-electron chi connectivity index (χ3n) is 3.70. The van der Waals surface area contributed by atoms with Gasteiger partial charge in [-0.05, 0) is 24.6 Å². The number of hydrogen-bond acceptors (Lipinski definition) is 5. The predicted molar refractivity (Wildman–Crippen MR) is 97.8 cm³/mol. The number of hydrogen-bond donors (Lipinski definition) is 2. The van der Waals surface area contributed by atoms with E-state index in [2.05, 4.69) is 10.0 Å². The lowest BCUT2D eigenvalue weighted by Gasteiger charge is -2.11. The zero-order chi connectivity index (χ0) is 19.2. The predicted octanol–water partition coefficient (Wildman–Crippen LogP) is 1.61. The summed E-state index contributed by atoms with van der Waals surface area (Å²) in [6, 6.07) is 11.9. The van der Waals surface area contributed by atoms with Gasteiger partial charge < -0.3 is 14.8 Å². The molecule has 2 rings (SSSR count). The Bertz CT molecular complexity index is 864. The molecule has 0 unspecified atom stereocenters. The molecule has 0 spiro atoms. The van der Waals surface area contributed by atoms with Gasteiger partial charge in [-0.2, -0.15) is 0 Å². The standard InChI is InChI=1S/C18H22N2O5S/c1-13-4-6-14(7-5-13)11-19-18(21)12-20-26(22,23)15-8-9-16(24-2)17(10-15)25-3/h4-10,20H,11-12H2,1-3H3,(H,19,21). The number of methoxy groups -OCH3 is 2. The molecule has 1 amide bonds. The molecule has 2 aromatic rings. The highest BCUT2D eigenvalue weighted by Crippen LogP contribution is 2.29. The summed E-state index contributed by atoms with van der Waals surface area (Å²) in [7, 11) is -0.970. The van der Waals surface area contributed by atoms with Crippen LogP contribution < -0.4 is 19.5 Å². The lowest BCUT2D eigenvalue weighted by atomic mass is 10.1. The highest BCUT2D eigenvalue weighted by molar-refractivity contribution is 7.89. The quantitative estimate of drug-likeness (QED) is 0.728. The first-order valence-electron chi connectivity index (χ1n) is 7.89. The highest BCUT2D eigenvalue weighted by Gasteiger charge is 2.18. The monoisotopic (exact) mass is 378 g/mol. The third kappa shape index (κ3) is 5.21. The van der Waals surface area contributed by atoms with Gasteiger partial charge in [0.2, 0.25) is 15.9 Å². The number of carbonyl (C=O) groups is 1. The summed E-state index contributed by atoms with van der Waals surface area (Å²) in [5.74, 6) is 0.288. The maximum absolute atomic E-state index is 12.3. The number of ether oxygens (including phenoxy) is 2. The van der Waals surface area contributed by atoms with E-state index in [9.17, 15) is 13.2 Å². The van der Waals surface area contributed by atoms with Gasteiger partial charge >= 0.3 is 0 Å². The molecular weight excluding hydrogens is 356 g/mol. The van der Waals surface area contributed by atoms with Gasteiger partial charge in [-0.15, -0.1) is 0 Å². The van der Waals surface area contributed by atoms with Crippen molar-refractivity contribution in [3.05, 3.63) is 53.6 Å². The molecule has 2 aromatic carbocycles. The Morgan fingerprint density at radius 1 is 1.00 bits per heavy atom. The van der Waals surface area contributed by atoms with Crippen LogP contribution in [0.2, 0.25) is 0 Å². The Hall–Kier alpha value is -2.58. The molecule has 0 aliphatic rings. The van der Waals surface area contributed by atoms with E-state index in [-0.39, 0.29) is 11.4 Å². The second-order valence-electron chi connectivity index (χ2n) is 5.60. The minimum atomic E-state index is -3.85. The topological polar surface area (TPSA) is 93.7 Å². The molecule has 26 heavy (non-hydrogen) atoms. The normalized spacial score (nSPS) is 11.0. The molecule has 0 radical (unpaired) electrons. The SMILES string of the molecule is COc1ccc(S(=O)(=O)NCC(=O)NCc2ccc(C)cc2)cc1OC. The lowest BCUT2D eigenvalue weighted by Crippen LogP contribution is -2.36. The van der Waals surface area contributed by atoms with Crippen molar-refractivity contribution >= 4 is 15.9 Å². The van der Waals surface area contributed by atoms with Crippen LogP contribution in [0.4, 0.5) is 0 Å². The summed E-state index contributed by atoms with van der Waals surface area (Å²) in [5.41, 5.74) is 2.06. The van der Waals surface area contributed by atoms with Crippen LogP contribution >= 0.6 is 0 Å². The first-order valence-corrected chi connectivity index (χ1v) is 9.38. The largest absolute Gasteiger partial charge is 0.493 e. The minimum absolute atomic E-state index is 0.0125. The van der Waals surface area contributed by atoms with Gasteiger partial charge in [-0.1, -0.05) is 29.8 Å². The average molecular weight is 378 g/mol. The Morgan fingerprint density at radius 3 is 2.27 bits per heavy atom. The molecule has 0 bridgehead atoms. The molecule has 0 aliphatic carbocycles. The van der Waals surface area contributed by atoms with Gasteiger partial charge in [0, 0.05) is 12.6 Å². The molecule has 0 aromatic heterocycles. The Morgan fingerprint density at radius 2 is 1.65 bits per heavy atom. The molecule has 140 valence electrons. The molecule has 7 nitrogen and oxygen atoms in total. The fourth-order valence-electron chi connectivity index (χ4n) is 2.20. The van der Waals surface area contributed by atoms with Crippen LogP contribution in [0.25, 0.3) is 0 Å². The maximum atomic E-state index is 12.3. The number of nitrogens with one attached hydrogen (secondary N) is 2. The molecule has 0 saturated carbocycles. The van der Waals surface area contributed by atoms with Gasteiger partial charge in [0.15, 0.2) is 11.5 Å². The Labute approximate surface area is 153 Å². The van der Waals surface area contributed by atoms with Crippen molar-refractivity contribution in [3.63, 3.8) is 0 Å². The summed E-state index contributed by atoms with van der Waals surface area (Å²) in [6.45, 7) is 1.95. The Balaban J connectivity index is 1.94. The number of sulfonamides is 1. The van der Waals surface area contributed by atoms with Crippen molar-refractivity contribution in [1.82, 2.24) is 10.0 Å². The van der Waals surface area contributed by atoms with E-state index >= 15 is 0 Å². The van der Waals surface area contributed by atoms with Crippen LogP contribution in [-0.2, 0) is 21.4 Å². The van der Waals surface area contributed by atoms with Crippen molar-refractivity contribution < 1.29 is 22.7 Å². The second-order valence-corrected chi connectivity index (χ2v) is 7.37.